The summed E-state index contributed by atoms with van der Waals surface area (Å²) in [6.45, 7) is 4.72. The van der Waals surface area contributed by atoms with Gasteiger partial charge in [0.25, 0.3) is 0 Å². The molecule has 2 fully saturated rings. The number of nitrogens with zero attached hydrogens (tertiary/aromatic N) is 5. The third-order valence-corrected chi connectivity index (χ3v) is 7.06. The minimum atomic E-state index is -0.0693. The van der Waals surface area contributed by atoms with Crippen LogP contribution in [0.5, 0.6) is 17.4 Å². The normalized spacial score (nSPS) is 20.7. The fourth-order valence-corrected chi connectivity index (χ4v) is 5.22. The lowest BCUT2D eigenvalue weighted by atomic mass is 10.1. The summed E-state index contributed by atoms with van der Waals surface area (Å²) >= 11 is 0. The maximum Gasteiger partial charge on any atom is 0.214 e. The standard InChI is InChI=1S/C27H29N5O4/c1-33-24-13-19-21(14-25(24)34-2)30-28-15-22(19)32-16-23(31-9-11-35-12-10-31)26(17-32)36-27-8-7-18-5-3-4-6-20(18)29-27/h3-8,13-15,23,26H,9-12,16-17H2,1-2H3. The first-order valence-electron chi connectivity index (χ1n) is 12.2. The predicted octanol–water partition coefficient (Wildman–Crippen LogP) is 3.16. The van der Waals surface area contributed by atoms with E-state index in [2.05, 4.69) is 32.1 Å². The van der Waals surface area contributed by atoms with Crippen LogP contribution in [0.15, 0.2) is 54.7 Å². The van der Waals surface area contributed by atoms with E-state index in [1.807, 2.05) is 42.6 Å². The van der Waals surface area contributed by atoms with Crippen molar-refractivity contribution in [1.82, 2.24) is 20.1 Å². The van der Waals surface area contributed by atoms with Gasteiger partial charge in [0.2, 0.25) is 5.88 Å². The van der Waals surface area contributed by atoms with Gasteiger partial charge in [-0.15, -0.1) is 0 Å². The Labute approximate surface area is 209 Å². The second-order valence-corrected chi connectivity index (χ2v) is 9.07. The van der Waals surface area contributed by atoms with Crippen molar-refractivity contribution in [2.24, 2.45) is 0 Å². The Kier molecular flexibility index (Phi) is 6.16. The topological polar surface area (TPSA) is 82.1 Å². The second kappa shape index (κ2) is 9.75. The van der Waals surface area contributed by atoms with Gasteiger partial charge in [0, 0.05) is 42.5 Å². The van der Waals surface area contributed by atoms with Crippen LogP contribution in [-0.2, 0) is 4.74 Å². The van der Waals surface area contributed by atoms with Crippen molar-refractivity contribution in [3.63, 3.8) is 0 Å². The minimum absolute atomic E-state index is 0.0693. The number of benzene rings is 2. The average Bonchev–Trinajstić information content (AvgIpc) is 3.35. The Morgan fingerprint density at radius 1 is 0.917 bits per heavy atom. The summed E-state index contributed by atoms with van der Waals surface area (Å²) in [5, 5.41) is 10.7. The number of fused-ring (bicyclic) bond motifs is 2. The zero-order chi connectivity index (χ0) is 24.5. The molecular weight excluding hydrogens is 458 g/mol. The SMILES string of the molecule is COc1cc2nncc(N3CC(Oc4ccc5ccccc5n4)C(N4CCOCC4)C3)c2cc1OC. The maximum atomic E-state index is 6.58. The van der Waals surface area contributed by atoms with Crippen molar-refractivity contribution < 1.29 is 18.9 Å². The van der Waals surface area contributed by atoms with Gasteiger partial charge in [-0.05, 0) is 18.2 Å². The first-order valence-corrected chi connectivity index (χ1v) is 12.2. The number of para-hydroxylation sites is 1. The molecule has 0 amide bonds. The summed E-state index contributed by atoms with van der Waals surface area (Å²) in [5.74, 6) is 1.94. The van der Waals surface area contributed by atoms with Crippen molar-refractivity contribution in [2.45, 2.75) is 12.1 Å². The first-order chi connectivity index (χ1) is 17.7. The molecule has 0 bridgehead atoms. The number of pyridine rings is 1. The van der Waals surface area contributed by atoms with Gasteiger partial charge in [-0.1, -0.05) is 18.2 Å². The second-order valence-electron chi connectivity index (χ2n) is 9.07. The molecule has 2 aromatic carbocycles. The smallest absolute Gasteiger partial charge is 0.214 e. The van der Waals surface area contributed by atoms with Gasteiger partial charge >= 0.3 is 0 Å². The number of aromatic nitrogens is 3. The van der Waals surface area contributed by atoms with Crippen molar-refractivity contribution in [3.8, 4) is 17.4 Å². The predicted molar refractivity (Wildman–Crippen MR) is 137 cm³/mol. The number of ether oxygens (including phenoxy) is 4. The monoisotopic (exact) mass is 487 g/mol. The average molecular weight is 488 g/mol. The van der Waals surface area contributed by atoms with Crippen LogP contribution in [0.25, 0.3) is 21.8 Å². The van der Waals surface area contributed by atoms with E-state index in [-0.39, 0.29) is 12.1 Å². The highest BCUT2D eigenvalue weighted by Crippen LogP contribution is 2.37. The van der Waals surface area contributed by atoms with E-state index < -0.39 is 0 Å². The summed E-state index contributed by atoms with van der Waals surface area (Å²) in [4.78, 5) is 9.57. The molecule has 2 saturated heterocycles. The van der Waals surface area contributed by atoms with Gasteiger partial charge in [0.15, 0.2) is 11.5 Å². The van der Waals surface area contributed by atoms with Crippen molar-refractivity contribution in [1.29, 1.82) is 0 Å². The van der Waals surface area contributed by atoms with Crippen molar-refractivity contribution in [3.05, 3.63) is 54.7 Å². The summed E-state index contributed by atoms with van der Waals surface area (Å²) in [6.07, 6.45) is 1.75. The minimum Gasteiger partial charge on any atom is -0.493 e. The van der Waals surface area contributed by atoms with Crippen LogP contribution >= 0.6 is 0 Å². The lowest BCUT2D eigenvalue weighted by Crippen LogP contribution is -2.50. The van der Waals surface area contributed by atoms with Crippen LogP contribution in [0.1, 0.15) is 0 Å². The molecule has 2 aliphatic heterocycles. The number of methoxy groups -OCH3 is 2. The van der Waals surface area contributed by atoms with Gasteiger partial charge in [-0.25, -0.2) is 4.98 Å². The molecule has 4 heterocycles. The van der Waals surface area contributed by atoms with Crippen LogP contribution < -0.4 is 19.1 Å². The molecule has 36 heavy (non-hydrogen) atoms. The zero-order valence-corrected chi connectivity index (χ0v) is 20.5. The third-order valence-electron chi connectivity index (χ3n) is 7.06. The maximum absolute atomic E-state index is 6.58. The molecule has 6 rings (SSSR count). The molecule has 2 unspecified atom stereocenters. The lowest BCUT2D eigenvalue weighted by molar-refractivity contribution is -0.00165. The number of hydrogen-bond donors (Lipinski definition) is 0. The molecule has 0 radical (unpaired) electrons. The molecule has 0 N–H and O–H groups in total. The number of morpholine rings is 1. The quantitative estimate of drug-likeness (QED) is 0.407. The van der Waals surface area contributed by atoms with Crippen LogP contribution in [0.3, 0.4) is 0 Å². The Balaban J connectivity index is 1.34. The molecule has 0 aliphatic carbocycles. The van der Waals surface area contributed by atoms with E-state index in [1.54, 1.807) is 14.2 Å². The largest absolute Gasteiger partial charge is 0.493 e. The Bertz CT molecular complexity index is 1380. The van der Waals surface area contributed by atoms with Gasteiger partial charge < -0.3 is 23.8 Å². The summed E-state index contributed by atoms with van der Waals surface area (Å²) < 4.78 is 23.2. The van der Waals surface area contributed by atoms with Crippen molar-refractivity contribution >= 4 is 27.5 Å². The molecule has 0 saturated carbocycles. The zero-order valence-electron chi connectivity index (χ0n) is 20.5. The van der Waals surface area contributed by atoms with Crippen LogP contribution in [-0.4, -0.2) is 85.8 Å². The molecule has 2 aliphatic rings. The van der Waals surface area contributed by atoms with Crippen LogP contribution in [0, 0.1) is 0 Å². The fourth-order valence-electron chi connectivity index (χ4n) is 5.22. The summed E-state index contributed by atoms with van der Waals surface area (Å²) in [7, 11) is 3.26. The number of anilines is 1. The molecule has 2 atom stereocenters. The summed E-state index contributed by atoms with van der Waals surface area (Å²) in [6, 6.07) is 16.1. The van der Waals surface area contributed by atoms with E-state index in [0.29, 0.717) is 23.9 Å². The highest BCUT2D eigenvalue weighted by Gasteiger charge is 2.40. The first kappa shape index (κ1) is 22.8. The molecule has 2 aromatic heterocycles. The van der Waals surface area contributed by atoms with Gasteiger partial charge in [0.1, 0.15) is 6.10 Å². The van der Waals surface area contributed by atoms with E-state index in [0.717, 1.165) is 60.3 Å². The van der Waals surface area contributed by atoms with E-state index in [4.69, 9.17) is 23.9 Å². The van der Waals surface area contributed by atoms with E-state index in [1.165, 1.54) is 0 Å². The van der Waals surface area contributed by atoms with Crippen molar-refractivity contribution in [2.75, 3.05) is 58.5 Å². The molecule has 9 nitrogen and oxygen atoms in total. The fraction of sp³-hybridized carbons (Fsp3) is 0.370. The Morgan fingerprint density at radius 2 is 1.72 bits per heavy atom. The molecule has 0 spiro atoms. The summed E-state index contributed by atoms with van der Waals surface area (Å²) in [5.41, 5.74) is 2.68. The molecule has 9 heteroatoms. The van der Waals surface area contributed by atoms with Gasteiger partial charge in [0.05, 0.1) is 62.9 Å². The number of hydrogen-bond acceptors (Lipinski definition) is 9. The highest BCUT2D eigenvalue weighted by atomic mass is 16.5. The van der Waals surface area contributed by atoms with E-state index >= 15 is 0 Å². The highest BCUT2D eigenvalue weighted by molar-refractivity contribution is 5.93. The number of rotatable bonds is 6. The molecule has 4 aromatic rings. The van der Waals surface area contributed by atoms with Crippen LogP contribution in [0.2, 0.25) is 0 Å². The Morgan fingerprint density at radius 3 is 2.56 bits per heavy atom. The molecular formula is C27H29N5O4. The van der Waals surface area contributed by atoms with Gasteiger partial charge in [-0.2, -0.15) is 10.2 Å². The Hall–Kier alpha value is -3.69. The van der Waals surface area contributed by atoms with Crippen LogP contribution in [0.4, 0.5) is 5.69 Å². The third kappa shape index (κ3) is 4.25. The lowest BCUT2D eigenvalue weighted by Gasteiger charge is -2.34. The molecule has 186 valence electrons. The van der Waals surface area contributed by atoms with E-state index in [9.17, 15) is 0 Å². The van der Waals surface area contributed by atoms with Gasteiger partial charge in [-0.3, -0.25) is 4.90 Å².